The molecule has 1 amide bonds. The Morgan fingerprint density at radius 3 is 2.71 bits per heavy atom. The van der Waals surface area contributed by atoms with Crippen LogP contribution in [0.15, 0.2) is 27.8 Å². The van der Waals surface area contributed by atoms with E-state index in [1.807, 2.05) is 13.8 Å². The molecule has 0 saturated carbocycles. The van der Waals surface area contributed by atoms with E-state index in [9.17, 15) is 9.00 Å². The minimum absolute atomic E-state index is 0.0589. The topological polar surface area (TPSA) is 89.4 Å². The fourth-order valence-corrected chi connectivity index (χ4v) is 3.04. The Morgan fingerprint density at radius 2 is 2.10 bits per heavy atom. The first kappa shape index (κ1) is 15.5. The van der Waals surface area contributed by atoms with E-state index in [4.69, 9.17) is 10.2 Å². The van der Waals surface area contributed by atoms with Crippen LogP contribution in [0.4, 0.5) is 5.69 Å². The molecule has 0 bridgehead atoms. The van der Waals surface area contributed by atoms with E-state index in [1.165, 1.54) is 0 Å². The van der Waals surface area contributed by atoms with E-state index in [0.717, 1.165) is 0 Å². The number of nitrogen functional groups attached to an aromatic ring is 1. The predicted molar refractivity (Wildman–Crippen MR) is 82.2 cm³/mol. The van der Waals surface area contributed by atoms with Gasteiger partial charge in [0.15, 0.2) is 5.58 Å². The summed E-state index contributed by atoms with van der Waals surface area (Å²) in [5.41, 5.74) is 7.27. The Bertz CT molecular complexity index is 679. The van der Waals surface area contributed by atoms with Gasteiger partial charge >= 0.3 is 0 Å². The summed E-state index contributed by atoms with van der Waals surface area (Å²) in [5.74, 6) is -0.167. The highest BCUT2D eigenvalue weighted by Gasteiger charge is 2.28. The van der Waals surface area contributed by atoms with Gasteiger partial charge in [-0.15, -0.1) is 0 Å². The van der Waals surface area contributed by atoms with Gasteiger partial charge in [0.05, 0.1) is 0 Å². The molecule has 0 aliphatic carbocycles. The molecule has 0 saturated heterocycles. The first-order chi connectivity index (χ1) is 9.97. The number of rotatable bonds is 5. The summed E-state index contributed by atoms with van der Waals surface area (Å²) in [4.78, 5) is 18.0. The lowest BCUT2D eigenvalue weighted by molar-refractivity contribution is -0.130. The van der Waals surface area contributed by atoms with Crippen molar-refractivity contribution in [3.8, 4) is 0 Å². The van der Waals surface area contributed by atoms with Crippen LogP contribution in [-0.2, 0) is 15.6 Å². The van der Waals surface area contributed by atoms with Crippen LogP contribution in [-0.4, -0.2) is 38.3 Å². The number of carbonyl (C=O) groups is 1. The molecule has 6 nitrogen and oxygen atoms in total. The van der Waals surface area contributed by atoms with Gasteiger partial charge in [0, 0.05) is 24.8 Å². The SMILES string of the molecule is CCN(CC)C(=O)C(C)S(=O)c1nc2ccc(N)cc2o1. The summed E-state index contributed by atoms with van der Waals surface area (Å²) < 4.78 is 17.9. The normalized spacial score (nSPS) is 14.0. The van der Waals surface area contributed by atoms with Gasteiger partial charge in [-0.25, -0.2) is 9.19 Å². The second-order valence-corrected chi connectivity index (χ2v) is 6.31. The molecule has 1 aromatic heterocycles. The lowest BCUT2D eigenvalue weighted by atomic mass is 10.3. The zero-order valence-electron chi connectivity index (χ0n) is 12.3. The molecule has 0 aliphatic heterocycles. The monoisotopic (exact) mass is 309 g/mol. The Kier molecular flexibility index (Phi) is 4.62. The molecule has 2 rings (SSSR count). The zero-order valence-corrected chi connectivity index (χ0v) is 13.1. The van der Waals surface area contributed by atoms with Crippen LogP contribution in [0, 0.1) is 0 Å². The number of nitrogens with zero attached hydrogens (tertiary/aromatic N) is 2. The van der Waals surface area contributed by atoms with Gasteiger partial charge in [-0.2, -0.15) is 0 Å². The van der Waals surface area contributed by atoms with Crippen LogP contribution in [0.25, 0.3) is 11.1 Å². The number of carbonyl (C=O) groups excluding carboxylic acids is 1. The van der Waals surface area contributed by atoms with Crippen molar-refractivity contribution in [2.75, 3.05) is 18.8 Å². The van der Waals surface area contributed by atoms with Crippen molar-refractivity contribution in [3.05, 3.63) is 18.2 Å². The molecule has 2 atom stereocenters. The number of amides is 1. The van der Waals surface area contributed by atoms with E-state index in [0.29, 0.717) is 29.9 Å². The maximum Gasteiger partial charge on any atom is 0.288 e. The van der Waals surface area contributed by atoms with Crippen molar-refractivity contribution in [1.29, 1.82) is 0 Å². The van der Waals surface area contributed by atoms with Crippen LogP contribution in [0.1, 0.15) is 20.8 Å². The van der Waals surface area contributed by atoms with Crippen LogP contribution in [0.2, 0.25) is 0 Å². The van der Waals surface area contributed by atoms with Gasteiger partial charge in [-0.3, -0.25) is 4.79 Å². The molecule has 0 spiro atoms. The standard InChI is InChI=1S/C14H19N3O3S/c1-4-17(5-2)13(18)9(3)21(19)14-16-11-7-6-10(15)8-12(11)20-14/h6-9H,4-5,15H2,1-3H3. The van der Waals surface area contributed by atoms with E-state index < -0.39 is 16.0 Å². The molecule has 0 aliphatic rings. The fraction of sp³-hybridized carbons (Fsp3) is 0.429. The summed E-state index contributed by atoms with van der Waals surface area (Å²) in [6.45, 7) is 6.57. The van der Waals surface area contributed by atoms with E-state index in [2.05, 4.69) is 4.98 Å². The Labute approximate surface area is 125 Å². The molecule has 1 aromatic carbocycles. The summed E-state index contributed by atoms with van der Waals surface area (Å²) >= 11 is 0. The number of anilines is 1. The number of oxazole rings is 1. The first-order valence-corrected chi connectivity index (χ1v) is 8.04. The second-order valence-electron chi connectivity index (χ2n) is 4.66. The molecule has 2 N–H and O–H groups in total. The number of hydrogen-bond acceptors (Lipinski definition) is 5. The summed E-state index contributed by atoms with van der Waals surface area (Å²) in [7, 11) is -1.63. The van der Waals surface area contributed by atoms with Gasteiger partial charge in [0.25, 0.3) is 5.22 Å². The van der Waals surface area contributed by atoms with Gasteiger partial charge in [0.1, 0.15) is 21.6 Å². The van der Waals surface area contributed by atoms with Crippen LogP contribution >= 0.6 is 0 Å². The third-order valence-corrected chi connectivity index (χ3v) is 4.67. The zero-order chi connectivity index (χ0) is 15.6. The lowest BCUT2D eigenvalue weighted by Crippen LogP contribution is -2.39. The Morgan fingerprint density at radius 1 is 1.43 bits per heavy atom. The highest BCUT2D eigenvalue weighted by molar-refractivity contribution is 7.86. The molecule has 114 valence electrons. The van der Waals surface area contributed by atoms with Gasteiger partial charge in [-0.1, -0.05) is 0 Å². The van der Waals surface area contributed by atoms with Crippen LogP contribution in [0.3, 0.4) is 0 Å². The minimum Gasteiger partial charge on any atom is -0.430 e. The van der Waals surface area contributed by atoms with Crippen molar-refractivity contribution >= 4 is 33.5 Å². The number of benzene rings is 1. The highest BCUT2D eigenvalue weighted by Crippen LogP contribution is 2.22. The van der Waals surface area contributed by atoms with Crippen LogP contribution in [0.5, 0.6) is 0 Å². The number of aromatic nitrogens is 1. The van der Waals surface area contributed by atoms with E-state index in [1.54, 1.807) is 30.0 Å². The Balaban J connectivity index is 2.27. The summed E-state index contributed by atoms with van der Waals surface area (Å²) in [6, 6.07) is 5.02. The highest BCUT2D eigenvalue weighted by atomic mass is 32.2. The molecule has 7 heteroatoms. The predicted octanol–water partition coefficient (Wildman–Crippen LogP) is 1.77. The third-order valence-electron chi connectivity index (χ3n) is 3.31. The van der Waals surface area contributed by atoms with Crippen molar-refractivity contribution < 1.29 is 13.4 Å². The van der Waals surface area contributed by atoms with Crippen LogP contribution < -0.4 is 5.73 Å². The molecule has 1 heterocycles. The number of hydrogen-bond donors (Lipinski definition) is 1. The molecule has 2 unspecified atom stereocenters. The largest absolute Gasteiger partial charge is 0.430 e. The average Bonchev–Trinajstić information content (AvgIpc) is 2.89. The lowest BCUT2D eigenvalue weighted by Gasteiger charge is -2.21. The quantitative estimate of drug-likeness (QED) is 0.850. The number of nitrogens with two attached hydrogens (primary N) is 1. The van der Waals surface area contributed by atoms with E-state index in [-0.39, 0.29) is 11.1 Å². The van der Waals surface area contributed by atoms with E-state index >= 15 is 0 Å². The summed E-state index contributed by atoms with van der Waals surface area (Å²) in [5, 5.41) is -0.640. The van der Waals surface area contributed by atoms with Crippen molar-refractivity contribution in [2.24, 2.45) is 0 Å². The van der Waals surface area contributed by atoms with Crippen molar-refractivity contribution in [2.45, 2.75) is 31.2 Å². The van der Waals surface area contributed by atoms with Crippen molar-refractivity contribution in [3.63, 3.8) is 0 Å². The molecular formula is C14H19N3O3S. The van der Waals surface area contributed by atoms with Gasteiger partial charge in [-0.05, 0) is 32.9 Å². The summed E-state index contributed by atoms with van der Waals surface area (Å²) in [6.07, 6.45) is 0. The number of fused-ring (bicyclic) bond motifs is 1. The van der Waals surface area contributed by atoms with Gasteiger partial charge < -0.3 is 15.1 Å². The second kappa shape index (κ2) is 6.26. The smallest absolute Gasteiger partial charge is 0.288 e. The Hall–Kier alpha value is -1.89. The van der Waals surface area contributed by atoms with Crippen molar-refractivity contribution in [1.82, 2.24) is 9.88 Å². The molecular weight excluding hydrogens is 290 g/mol. The maximum absolute atomic E-state index is 12.5. The molecule has 2 aromatic rings. The maximum atomic E-state index is 12.5. The average molecular weight is 309 g/mol. The minimum atomic E-state index is -1.63. The van der Waals surface area contributed by atoms with Gasteiger partial charge in [0.2, 0.25) is 5.91 Å². The first-order valence-electron chi connectivity index (χ1n) is 6.83. The molecule has 0 radical (unpaired) electrons. The fourth-order valence-electron chi connectivity index (χ4n) is 2.04. The molecule has 0 fully saturated rings. The molecule has 21 heavy (non-hydrogen) atoms. The third kappa shape index (κ3) is 3.07.